The Hall–Kier alpha value is -0.120. The van der Waals surface area contributed by atoms with Gasteiger partial charge in [0.05, 0.1) is 0 Å². The standard InChI is InChI=1S/C15H30N2O/c1-12(11-15-5-3-4-8-16-15)17-13(2)14-6-9-18-10-7-14/h12-17H,3-11H2,1-2H3. The summed E-state index contributed by atoms with van der Waals surface area (Å²) in [6.45, 7) is 7.81. The minimum atomic E-state index is 0.624. The average molecular weight is 254 g/mol. The number of nitrogens with one attached hydrogen (secondary N) is 2. The first-order valence-electron chi connectivity index (χ1n) is 7.83. The topological polar surface area (TPSA) is 33.3 Å². The third-order valence-corrected chi connectivity index (χ3v) is 4.57. The second-order valence-electron chi connectivity index (χ2n) is 6.19. The van der Waals surface area contributed by atoms with Gasteiger partial charge in [-0.2, -0.15) is 0 Å². The van der Waals surface area contributed by atoms with Gasteiger partial charge in [0.2, 0.25) is 0 Å². The zero-order valence-electron chi connectivity index (χ0n) is 12.1. The molecule has 0 radical (unpaired) electrons. The van der Waals surface area contributed by atoms with Crippen molar-refractivity contribution < 1.29 is 4.74 Å². The summed E-state index contributed by atoms with van der Waals surface area (Å²) in [5.74, 6) is 0.806. The van der Waals surface area contributed by atoms with Crippen molar-refractivity contribution in [1.29, 1.82) is 0 Å². The van der Waals surface area contributed by atoms with Gasteiger partial charge < -0.3 is 15.4 Å². The van der Waals surface area contributed by atoms with E-state index in [1.54, 1.807) is 0 Å². The van der Waals surface area contributed by atoms with Gasteiger partial charge in [0.1, 0.15) is 0 Å². The Morgan fingerprint density at radius 1 is 1.17 bits per heavy atom. The normalized spacial score (nSPS) is 30.0. The molecule has 3 nitrogen and oxygen atoms in total. The molecule has 0 bridgehead atoms. The predicted octanol–water partition coefficient (Wildman–Crippen LogP) is 2.31. The predicted molar refractivity (Wildman–Crippen MR) is 75.9 cm³/mol. The molecule has 3 unspecified atom stereocenters. The summed E-state index contributed by atoms with van der Waals surface area (Å²) in [6.07, 6.45) is 7.84. The lowest BCUT2D eigenvalue weighted by atomic mass is 9.91. The molecule has 0 amide bonds. The molecule has 0 aromatic carbocycles. The third-order valence-electron chi connectivity index (χ3n) is 4.57. The first kappa shape index (κ1) is 14.3. The SMILES string of the molecule is CC(CC1CCCCN1)NC(C)C1CCOCC1. The summed E-state index contributed by atoms with van der Waals surface area (Å²) in [5.41, 5.74) is 0. The van der Waals surface area contributed by atoms with Gasteiger partial charge in [0.25, 0.3) is 0 Å². The molecule has 0 saturated carbocycles. The van der Waals surface area contributed by atoms with Gasteiger partial charge >= 0.3 is 0 Å². The highest BCUT2D eigenvalue weighted by molar-refractivity contribution is 4.81. The Morgan fingerprint density at radius 2 is 1.94 bits per heavy atom. The Morgan fingerprint density at radius 3 is 2.61 bits per heavy atom. The van der Waals surface area contributed by atoms with Crippen LogP contribution in [-0.4, -0.2) is 37.9 Å². The molecular formula is C15H30N2O. The highest BCUT2D eigenvalue weighted by Gasteiger charge is 2.23. The first-order chi connectivity index (χ1) is 8.75. The molecule has 2 N–H and O–H groups in total. The van der Waals surface area contributed by atoms with Gasteiger partial charge in [0, 0.05) is 31.3 Å². The molecule has 2 fully saturated rings. The molecule has 2 saturated heterocycles. The van der Waals surface area contributed by atoms with Crippen molar-refractivity contribution in [2.75, 3.05) is 19.8 Å². The van der Waals surface area contributed by atoms with Crippen molar-refractivity contribution in [3.8, 4) is 0 Å². The van der Waals surface area contributed by atoms with E-state index >= 15 is 0 Å². The smallest absolute Gasteiger partial charge is 0.0469 e. The molecule has 0 aromatic heterocycles. The lowest BCUT2D eigenvalue weighted by molar-refractivity contribution is 0.0543. The van der Waals surface area contributed by atoms with Crippen molar-refractivity contribution in [2.24, 2.45) is 5.92 Å². The number of hydrogen-bond donors (Lipinski definition) is 2. The minimum absolute atomic E-state index is 0.624. The summed E-state index contributed by atoms with van der Waals surface area (Å²) in [6, 6.07) is 1.99. The lowest BCUT2D eigenvalue weighted by Crippen LogP contribution is -2.45. The quantitative estimate of drug-likeness (QED) is 0.790. The molecule has 2 heterocycles. The monoisotopic (exact) mass is 254 g/mol. The summed E-state index contributed by atoms with van der Waals surface area (Å²) in [4.78, 5) is 0. The summed E-state index contributed by atoms with van der Waals surface area (Å²) in [5, 5.41) is 7.44. The first-order valence-corrected chi connectivity index (χ1v) is 7.83. The molecule has 3 heteroatoms. The minimum Gasteiger partial charge on any atom is -0.381 e. The van der Waals surface area contributed by atoms with Crippen molar-refractivity contribution in [1.82, 2.24) is 10.6 Å². The number of ether oxygens (including phenoxy) is 1. The Labute approximate surface area is 112 Å². The Kier molecular flexibility index (Phi) is 5.93. The van der Waals surface area contributed by atoms with Crippen LogP contribution in [0.4, 0.5) is 0 Å². The molecule has 0 spiro atoms. The fraction of sp³-hybridized carbons (Fsp3) is 1.00. The van der Waals surface area contributed by atoms with Crippen molar-refractivity contribution in [3.63, 3.8) is 0 Å². The molecule has 2 aliphatic rings. The van der Waals surface area contributed by atoms with Gasteiger partial charge in [-0.05, 0) is 58.4 Å². The van der Waals surface area contributed by atoms with Crippen LogP contribution in [0.2, 0.25) is 0 Å². The lowest BCUT2D eigenvalue weighted by Gasteiger charge is -2.32. The van der Waals surface area contributed by atoms with Crippen LogP contribution in [-0.2, 0) is 4.74 Å². The van der Waals surface area contributed by atoms with E-state index in [0.29, 0.717) is 12.1 Å². The van der Waals surface area contributed by atoms with Gasteiger partial charge in [-0.25, -0.2) is 0 Å². The van der Waals surface area contributed by atoms with E-state index < -0.39 is 0 Å². The number of piperidine rings is 1. The summed E-state index contributed by atoms with van der Waals surface area (Å²) < 4.78 is 5.44. The van der Waals surface area contributed by atoms with Crippen LogP contribution in [0.25, 0.3) is 0 Å². The van der Waals surface area contributed by atoms with Crippen LogP contribution < -0.4 is 10.6 Å². The van der Waals surface area contributed by atoms with E-state index in [2.05, 4.69) is 24.5 Å². The highest BCUT2D eigenvalue weighted by Crippen LogP contribution is 2.20. The molecule has 18 heavy (non-hydrogen) atoms. The third kappa shape index (κ3) is 4.52. The highest BCUT2D eigenvalue weighted by atomic mass is 16.5. The van der Waals surface area contributed by atoms with Gasteiger partial charge in [-0.3, -0.25) is 0 Å². The molecule has 0 aromatic rings. The van der Waals surface area contributed by atoms with Crippen LogP contribution in [0, 0.1) is 5.92 Å². The molecule has 0 aliphatic carbocycles. The van der Waals surface area contributed by atoms with E-state index in [-0.39, 0.29) is 0 Å². The van der Waals surface area contributed by atoms with Gasteiger partial charge in [0.15, 0.2) is 0 Å². The van der Waals surface area contributed by atoms with Gasteiger partial charge in [-0.1, -0.05) is 6.42 Å². The second kappa shape index (κ2) is 7.46. The van der Waals surface area contributed by atoms with E-state index in [4.69, 9.17) is 4.74 Å². The maximum atomic E-state index is 5.44. The van der Waals surface area contributed by atoms with Crippen LogP contribution in [0.5, 0.6) is 0 Å². The van der Waals surface area contributed by atoms with E-state index in [0.717, 1.165) is 25.2 Å². The Bertz CT molecular complexity index is 223. The number of rotatable bonds is 5. The van der Waals surface area contributed by atoms with E-state index in [1.165, 1.54) is 45.1 Å². The molecule has 3 atom stereocenters. The second-order valence-corrected chi connectivity index (χ2v) is 6.19. The van der Waals surface area contributed by atoms with Crippen molar-refractivity contribution in [2.45, 2.75) is 70.5 Å². The van der Waals surface area contributed by atoms with Crippen LogP contribution in [0.3, 0.4) is 0 Å². The molecule has 106 valence electrons. The van der Waals surface area contributed by atoms with Crippen molar-refractivity contribution in [3.05, 3.63) is 0 Å². The summed E-state index contributed by atoms with van der Waals surface area (Å²) >= 11 is 0. The molecule has 2 aliphatic heterocycles. The average Bonchev–Trinajstić information content (AvgIpc) is 2.40. The van der Waals surface area contributed by atoms with Crippen LogP contribution >= 0.6 is 0 Å². The Balaban J connectivity index is 1.67. The summed E-state index contributed by atoms with van der Waals surface area (Å²) in [7, 11) is 0. The number of hydrogen-bond acceptors (Lipinski definition) is 3. The molecular weight excluding hydrogens is 224 g/mol. The fourth-order valence-corrected chi connectivity index (χ4v) is 3.42. The van der Waals surface area contributed by atoms with Gasteiger partial charge in [-0.15, -0.1) is 0 Å². The van der Waals surface area contributed by atoms with Crippen molar-refractivity contribution >= 4 is 0 Å². The van der Waals surface area contributed by atoms with Crippen LogP contribution in [0.15, 0.2) is 0 Å². The maximum absolute atomic E-state index is 5.44. The van der Waals surface area contributed by atoms with E-state index in [9.17, 15) is 0 Å². The zero-order chi connectivity index (χ0) is 12.8. The maximum Gasteiger partial charge on any atom is 0.0469 e. The molecule has 2 rings (SSSR count). The fourth-order valence-electron chi connectivity index (χ4n) is 3.42. The zero-order valence-corrected chi connectivity index (χ0v) is 12.1. The largest absolute Gasteiger partial charge is 0.381 e. The van der Waals surface area contributed by atoms with E-state index in [1.807, 2.05) is 0 Å². The van der Waals surface area contributed by atoms with Crippen LogP contribution in [0.1, 0.15) is 52.4 Å².